The molecule has 2 aromatic carbocycles. The summed E-state index contributed by atoms with van der Waals surface area (Å²) in [5, 5.41) is 11.5. The molecule has 110 valence electrons. The second kappa shape index (κ2) is 7.50. The van der Waals surface area contributed by atoms with Crippen LogP contribution in [0.4, 0.5) is 0 Å². The number of carboxylic acid groups (broad SMARTS) is 1. The third kappa shape index (κ3) is 3.46. The molecule has 1 heterocycles. The molecule has 3 rings (SSSR count). The number of hydrogen-bond acceptors (Lipinski definition) is 4. The summed E-state index contributed by atoms with van der Waals surface area (Å²) in [5.41, 5.74) is 1.17. The van der Waals surface area contributed by atoms with Crippen LogP contribution in [0.5, 0.6) is 0 Å². The van der Waals surface area contributed by atoms with Gasteiger partial charge >= 0.3 is 51.4 Å². The van der Waals surface area contributed by atoms with Crippen LogP contribution in [0.2, 0.25) is 0 Å². The maximum absolute atomic E-state index is 12.4. The van der Waals surface area contributed by atoms with Gasteiger partial charge in [0, 0.05) is 0 Å². The third-order valence-electron chi connectivity index (χ3n) is 3.68. The number of benzene rings is 2. The first kappa shape index (κ1) is 18.0. The molecule has 0 bridgehead atoms. The zero-order chi connectivity index (χ0) is 15.7. The van der Waals surface area contributed by atoms with E-state index in [0.717, 1.165) is 4.90 Å². The van der Waals surface area contributed by atoms with E-state index in [-0.39, 0.29) is 68.9 Å². The summed E-state index contributed by atoms with van der Waals surface area (Å²) in [5.74, 6) is -2.63. The van der Waals surface area contributed by atoms with Crippen molar-refractivity contribution in [2.75, 3.05) is 0 Å². The third-order valence-corrected chi connectivity index (χ3v) is 3.68. The van der Waals surface area contributed by atoms with Gasteiger partial charge in [-0.2, -0.15) is 0 Å². The van der Waals surface area contributed by atoms with Crippen molar-refractivity contribution in [1.82, 2.24) is 4.90 Å². The molecular formula is C17H12KNO4. The molecule has 1 unspecified atom stereocenters. The summed E-state index contributed by atoms with van der Waals surface area (Å²) in [6.45, 7) is 0. The quantitative estimate of drug-likeness (QED) is 0.464. The van der Waals surface area contributed by atoms with Crippen molar-refractivity contribution >= 4 is 17.8 Å². The minimum atomic E-state index is -1.45. The molecule has 6 heteroatoms. The average Bonchev–Trinajstić information content (AvgIpc) is 2.78. The first-order valence-electron chi connectivity index (χ1n) is 6.81. The molecule has 0 aliphatic carbocycles. The zero-order valence-corrected chi connectivity index (χ0v) is 15.7. The number of nitrogens with zero attached hydrogens (tertiary/aromatic N) is 1. The first-order chi connectivity index (χ1) is 10.6. The number of amides is 2. The molecule has 0 N–H and O–H groups in total. The number of carbonyl (C=O) groups excluding carboxylic acids is 3. The second-order valence-corrected chi connectivity index (χ2v) is 5.05. The van der Waals surface area contributed by atoms with Crippen molar-refractivity contribution in [3.05, 3.63) is 71.3 Å². The van der Waals surface area contributed by atoms with Gasteiger partial charge in [0.1, 0.15) is 0 Å². The van der Waals surface area contributed by atoms with Crippen LogP contribution in [-0.2, 0) is 11.2 Å². The van der Waals surface area contributed by atoms with Gasteiger partial charge in [0.2, 0.25) is 0 Å². The number of carbonyl (C=O) groups is 3. The molecule has 2 amide bonds. The van der Waals surface area contributed by atoms with Gasteiger partial charge < -0.3 is 9.90 Å². The van der Waals surface area contributed by atoms with Crippen molar-refractivity contribution in [2.24, 2.45) is 0 Å². The Kier molecular flexibility index (Phi) is 5.88. The van der Waals surface area contributed by atoms with Crippen molar-refractivity contribution in [1.29, 1.82) is 0 Å². The summed E-state index contributed by atoms with van der Waals surface area (Å²) >= 11 is 0. The van der Waals surface area contributed by atoms with Gasteiger partial charge in [-0.25, -0.2) is 0 Å². The summed E-state index contributed by atoms with van der Waals surface area (Å²) in [6, 6.07) is 13.8. The van der Waals surface area contributed by atoms with E-state index in [4.69, 9.17) is 0 Å². The molecule has 0 saturated heterocycles. The molecular weight excluding hydrogens is 321 g/mol. The van der Waals surface area contributed by atoms with Gasteiger partial charge in [0.15, 0.2) is 0 Å². The maximum atomic E-state index is 12.4. The Bertz CT molecular complexity index is 725. The molecule has 1 aliphatic heterocycles. The van der Waals surface area contributed by atoms with E-state index in [9.17, 15) is 19.5 Å². The van der Waals surface area contributed by atoms with Gasteiger partial charge in [-0.05, 0) is 24.1 Å². The van der Waals surface area contributed by atoms with Crippen LogP contribution in [0.15, 0.2) is 54.6 Å². The fraction of sp³-hybridized carbons (Fsp3) is 0.118. The predicted octanol–water partition coefficient (Wildman–Crippen LogP) is -2.35. The van der Waals surface area contributed by atoms with Crippen LogP contribution in [0, 0.1) is 0 Å². The smallest absolute Gasteiger partial charge is 0.548 e. The van der Waals surface area contributed by atoms with E-state index in [1.54, 1.807) is 42.5 Å². The number of hydrogen-bond donors (Lipinski definition) is 0. The van der Waals surface area contributed by atoms with Crippen molar-refractivity contribution in [3.8, 4) is 0 Å². The van der Waals surface area contributed by atoms with Crippen LogP contribution in [0.1, 0.15) is 26.3 Å². The summed E-state index contributed by atoms with van der Waals surface area (Å²) in [6.07, 6.45) is 0.0225. The van der Waals surface area contributed by atoms with E-state index in [1.807, 2.05) is 0 Å². The molecule has 5 nitrogen and oxygen atoms in total. The number of carboxylic acids is 1. The van der Waals surface area contributed by atoms with Gasteiger partial charge in [0.25, 0.3) is 11.8 Å². The number of fused-ring (bicyclic) bond motifs is 1. The van der Waals surface area contributed by atoms with E-state index in [1.165, 1.54) is 12.1 Å². The minimum absolute atomic E-state index is 0. The van der Waals surface area contributed by atoms with Crippen LogP contribution >= 0.6 is 0 Å². The fourth-order valence-corrected chi connectivity index (χ4v) is 2.61. The van der Waals surface area contributed by atoms with Gasteiger partial charge in [-0.1, -0.05) is 42.5 Å². The Morgan fingerprint density at radius 2 is 1.39 bits per heavy atom. The van der Waals surface area contributed by atoms with Crippen molar-refractivity contribution in [3.63, 3.8) is 0 Å². The molecule has 0 saturated carbocycles. The second-order valence-electron chi connectivity index (χ2n) is 5.05. The van der Waals surface area contributed by atoms with Crippen LogP contribution < -0.4 is 56.5 Å². The Hall–Kier alpha value is -1.31. The summed E-state index contributed by atoms with van der Waals surface area (Å²) in [4.78, 5) is 37.0. The average molecular weight is 333 g/mol. The topological polar surface area (TPSA) is 77.5 Å². The molecule has 0 aromatic heterocycles. The van der Waals surface area contributed by atoms with Crippen molar-refractivity contribution < 1.29 is 70.9 Å². The standard InChI is InChI=1S/C17H13NO4.K/c19-15-12-8-4-5-9-13(12)16(20)18(15)14(17(21)22)10-11-6-2-1-3-7-11;/h1-9,14H,10H2,(H,21,22);/q;+1/p-1. The van der Waals surface area contributed by atoms with E-state index < -0.39 is 23.8 Å². The number of rotatable bonds is 4. The SMILES string of the molecule is O=C([O-])C(Cc1ccccc1)N1C(=O)c2ccccc2C1=O.[K+]. The Morgan fingerprint density at radius 3 is 1.87 bits per heavy atom. The largest absolute Gasteiger partial charge is 1.00 e. The van der Waals surface area contributed by atoms with Crippen molar-refractivity contribution in [2.45, 2.75) is 12.5 Å². The van der Waals surface area contributed by atoms with Crippen LogP contribution in [-0.4, -0.2) is 28.7 Å². The van der Waals surface area contributed by atoms with Gasteiger partial charge in [-0.15, -0.1) is 0 Å². The first-order valence-corrected chi connectivity index (χ1v) is 6.81. The van der Waals surface area contributed by atoms with Gasteiger partial charge in [0.05, 0.1) is 23.1 Å². The summed E-state index contributed by atoms with van der Waals surface area (Å²) < 4.78 is 0. The van der Waals surface area contributed by atoms with E-state index in [2.05, 4.69) is 0 Å². The Balaban J connectivity index is 0.00000192. The molecule has 1 atom stereocenters. The monoisotopic (exact) mass is 333 g/mol. The minimum Gasteiger partial charge on any atom is -0.548 e. The molecule has 23 heavy (non-hydrogen) atoms. The molecule has 0 spiro atoms. The molecule has 1 aliphatic rings. The Labute approximate surface area is 175 Å². The predicted molar refractivity (Wildman–Crippen MR) is 75.9 cm³/mol. The van der Waals surface area contributed by atoms with E-state index >= 15 is 0 Å². The van der Waals surface area contributed by atoms with Gasteiger partial charge in [-0.3, -0.25) is 14.5 Å². The normalized spacial score (nSPS) is 14.2. The number of aliphatic carboxylic acids is 1. The molecule has 0 fully saturated rings. The fourth-order valence-electron chi connectivity index (χ4n) is 2.61. The van der Waals surface area contributed by atoms with Crippen LogP contribution in [0.25, 0.3) is 0 Å². The summed E-state index contributed by atoms with van der Waals surface area (Å²) in [7, 11) is 0. The number of imide groups is 1. The Morgan fingerprint density at radius 1 is 0.913 bits per heavy atom. The zero-order valence-electron chi connectivity index (χ0n) is 12.6. The molecule has 2 aromatic rings. The maximum Gasteiger partial charge on any atom is 1.00 e. The van der Waals surface area contributed by atoms with Crippen LogP contribution in [0.3, 0.4) is 0 Å². The molecule has 0 radical (unpaired) electrons. The van der Waals surface area contributed by atoms with E-state index in [0.29, 0.717) is 5.56 Å².